The summed E-state index contributed by atoms with van der Waals surface area (Å²) in [5, 5.41) is 9.17. The van der Waals surface area contributed by atoms with Gasteiger partial charge in [0.1, 0.15) is 5.82 Å². The number of nitrogens with zero attached hydrogens (tertiary/aromatic N) is 1. The van der Waals surface area contributed by atoms with Gasteiger partial charge in [0.15, 0.2) is 0 Å². The number of fused-ring (bicyclic) bond motifs is 1. The van der Waals surface area contributed by atoms with E-state index in [-0.39, 0.29) is 0 Å². The molecular weight excluding hydrogens is 240 g/mol. The Morgan fingerprint density at radius 3 is 2.68 bits per heavy atom. The third-order valence-electron chi connectivity index (χ3n) is 3.25. The summed E-state index contributed by atoms with van der Waals surface area (Å²) in [6.07, 6.45) is 4.93. The van der Waals surface area contributed by atoms with Crippen molar-refractivity contribution in [2.75, 3.05) is 0 Å². The highest BCUT2D eigenvalue weighted by Gasteiger charge is 2.12. The Bertz CT molecular complexity index is 587. The minimum Gasteiger partial charge on any atom is -0.478 e. The van der Waals surface area contributed by atoms with Crippen LogP contribution in [0.25, 0.3) is 11.0 Å². The first-order chi connectivity index (χ1) is 9.15. The smallest absolute Gasteiger partial charge is 0.335 e. The molecule has 0 saturated heterocycles. The molecule has 0 bridgehead atoms. The predicted octanol–water partition coefficient (Wildman–Crippen LogP) is 3.56. The van der Waals surface area contributed by atoms with E-state index in [4.69, 9.17) is 0 Å². The van der Waals surface area contributed by atoms with Crippen molar-refractivity contribution in [3.8, 4) is 0 Å². The lowest BCUT2D eigenvalue weighted by Crippen LogP contribution is -1.98. The normalized spacial score (nSPS) is 11.1. The number of H-pyrrole nitrogens is 1. The van der Waals surface area contributed by atoms with Gasteiger partial charge < -0.3 is 10.1 Å². The number of benzene rings is 1. The number of aryl methyl sites for hydroxylation is 2. The van der Waals surface area contributed by atoms with Crippen LogP contribution in [0.2, 0.25) is 0 Å². The molecule has 0 aliphatic heterocycles. The lowest BCUT2D eigenvalue weighted by molar-refractivity contribution is 0.0697. The van der Waals surface area contributed by atoms with E-state index in [0.29, 0.717) is 5.56 Å². The maximum absolute atomic E-state index is 11.2. The van der Waals surface area contributed by atoms with E-state index in [2.05, 4.69) is 23.8 Å². The molecule has 0 atom stereocenters. The van der Waals surface area contributed by atoms with Gasteiger partial charge in [-0.05, 0) is 37.0 Å². The van der Waals surface area contributed by atoms with E-state index in [1.165, 1.54) is 0 Å². The SMILES string of the molecule is CCCCc1cc(C(=O)O)cc2[nH]c(CCC)nc12. The highest BCUT2D eigenvalue weighted by Crippen LogP contribution is 2.22. The Morgan fingerprint density at radius 2 is 2.05 bits per heavy atom. The van der Waals surface area contributed by atoms with E-state index in [9.17, 15) is 9.90 Å². The fraction of sp³-hybridized carbons (Fsp3) is 0.467. The van der Waals surface area contributed by atoms with Gasteiger partial charge in [-0.3, -0.25) is 0 Å². The van der Waals surface area contributed by atoms with Crippen molar-refractivity contribution in [1.82, 2.24) is 9.97 Å². The molecule has 1 aromatic carbocycles. The summed E-state index contributed by atoms with van der Waals surface area (Å²) >= 11 is 0. The molecular formula is C15H20N2O2. The molecule has 0 radical (unpaired) electrons. The number of nitrogens with one attached hydrogen (secondary N) is 1. The summed E-state index contributed by atoms with van der Waals surface area (Å²) in [6.45, 7) is 4.24. The molecule has 0 spiro atoms. The second kappa shape index (κ2) is 5.87. The van der Waals surface area contributed by atoms with E-state index in [0.717, 1.165) is 54.5 Å². The largest absolute Gasteiger partial charge is 0.478 e. The minimum absolute atomic E-state index is 0.338. The third kappa shape index (κ3) is 2.95. The molecule has 102 valence electrons. The zero-order valence-electron chi connectivity index (χ0n) is 11.5. The zero-order chi connectivity index (χ0) is 13.8. The molecule has 2 aromatic rings. The highest BCUT2D eigenvalue weighted by molar-refractivity contribution is 5.93. The van der Waals surface area contributed by atoms with Crippen LogP contribution in [-0.2, 0) is 12.8 Å². The summed E-state index contributed by atoms with van der Waals surface area (Å²) in [5.41, 5.74) is 3.15. The molecule has 0 fully saturated rings. The lowest BCUT2D eigenvalue weighted by atomic mass is 10.0. The number of rotatable bonds is 6. The Balaban J connectivity index is 2.50. The summed E-state index contributed by atoms with van der Waals surface area (Å²) in [6, 6.07) is 3.44. The monoisotopic (exact) mass is 260 g/mol. The number of hydrogen-bond donors (Lipinski definition) is 2. The molecule has 2 rings (SSSR count). The van der Waals surface area contributed by atoms with Gasteiger partial charge in [0.25, 0.3) is 0 Å². The van der Waals surface area contributed by atoms with Gasteiger partial charge in [-0.25, -0.2) is 9.78 Å². The number of aromatic carboxylic acids is 1. The van der Waals surface area contributed by atoms with Crippen LogP contribution < -0.4 is 0 Å². The lowest BCUT2D eigenvalue weighted by Gasteiger charge is -2.03. The molecule has 0 aliphatic rings. The van der Waals surface area contributed by atoms with Crippen molar-refractivity contribution in [3.05, 3.63) is 29.1 Å². The standard InChI is InChI=1S/C15H20N2O2/c1-3-5-7-10-8-11(15(18)19)9-12-14(10)17-13(16-12)6-4-2/h8-9H,3-7H2,1-2H3,(H,16,17)(H,18,19). The van der Waals surface area contributed by atoms with E-state index >= 15 is 0 Å². The third-order valence-corrected chi connectivity index (χ3v) is 3.25. The van der Waals surface area contributed by atoms with Gasteiger partial charge in [0.05, 0.1) is 16.6 Å². The van der Waals surface area contributed by atoms with Crippen LogP contribution >= 0.6 is 0 Å². The molecule has 0 amide bonds. The predicted molar refractivity (Wildman–Crippen MR) is 75.7 cm³/mol. The topological polar surface area (TPSA) is 66.0 Å². The van der Waals surface area contributed by atoms with Crippen molar-refractivity contribution >= 4 is 17.0 Å². The molecule has 0 unspecified atom stereocenters. The number of carboxylic acid groups (broad SMARTS) is 1. The van der Waals surface area contributed by atoms with Gasteiger partial charge in [-0.1, -0.05) is 20.3 Å². The van der Waals surface area contributed by atoms with Crippen LogP contribution in [0.1, 0.15) is 54.9 Å². The molecule has 1 aromatic heterocycles. The van der Waals surface area contributed by atoms with Gasteiger partial charge in [-0.2, -0.15) is 0 Å². The molecule has 4 nitrogen and oxygen atoms in total. The van der Waals surface area contributed by atoms with Crippen LogP contribution in [0.15, 0.2) is 12.1 Å². The quantitative estimate of drug-likeness (QED) is 0.834. The summed E-state index contributed by atoms with van der Waals surface area (Å²) in [7, 11) is 0. The number of hydrogen-bond acceptors (Lipinski definition) is 2. The van der Waals surface area contributed by atoms with Crippen molar-refractivity contribution in [2.45, 2.75) is 46.0 Å². The highest BCUT2D eigenvalue weighted by atomic mass is 16.4. The van der Waals surface area contributed by atoms with E-state index in [1.807, 2.05) is 0 Å². The number of unbranched alkanes of at least 4 members (excludes halogenated alkanes) is 1. The number of imidazole rings is 1. The second-order valence-electron chi connectivity index (χ2n) is 4.87. The number of carboxylic acids is 1. The number of carbonyl (C=O) groups is 1. The molecule has 4 heteroatoms. The average Bonchev–Trinajstić information content (AvgIpc) is 2.78. The van der Waals surface area contributed by atoms with Crippen molar-refractivity contribution in [2.24, 2.45) is 0 Å². The number of aromatic nitrogens is 2. The van der Waals surface area contributed by atoms with Crippen molar-refractivity contribution in [3.63, 3.8) is 0 Å². The van der Waals surface area contributed by atoms with Crippen LogP contribution in [0.5, 0.6) is 0 Å². The maximum Gasteiger partial charge on any atom is 0.335 e. The second-order valence-corrected chi connectivity index (χ2v) is 4.87. The number of aromatic amines is 1. The van der Waals surface area contributed by atoms with E-state index in [1.54, 1.807) is 12.1 Å². The summed E-state index contributed by atoms with van der Waals surface area (Å²) in [5.74, 6) is 0.0593. The fourth-order valence-electron chi connectivity index (χ4n) is 2.28. The molecule has 2 N–H and O–H groups in total. The Kier molecular flexibility index (Phi) is 4.20. The van der Waals surface area contributed by atoms with Crippen LogP contribution in [0, 0.1) is 0 Å². The van der Waals surface area contributed by atoms with Gasteiger partial charge in [-0.15, -0.1) is 0 Å². The van der Waals surface area contributed by atoms with E-state index < -0.39 is 5.97 Å². The van der Waals surface area contributed by atoms with Crippen molar-refractivity contribution < 1.29 is 9.90 Å². The molecule has 19 heavy (non-hydrogen) atoms. The molecule has 0 saturated carbocycles. The average molecular weight is 260 g/mol. The Morgan fingerprint density at radius 1 is 1.26 bits per heavy atom. The first kappa shape index (κ1) is 13.6. The Labute approximate surface area is 112 Å². The minimum atomic E-state index is -0.883. The first-order valence-corrected chi connectivity index (χ1v) is 6.90. The van der Waals surface area contributed by atoms with Gasteiger partial charge in [0.2, 0.25) is 0 Å². The summed E-state index contributed by atoms with van der Waals surface area (Å²) in [4.78, 5) is 19.0. The molecule has 0 aliphatic carbocycles. The maximum atomic E-state index is 11.2. The van der Waals surface area contributed by atoms with Crippen LogP contribution in [0.4, 0.5) is 0 Å². The Hall–Kier alpha value is -1.84. The van der Waals surface area contributed by atoms with Crippen LogP contribution in [-0.4, -0.2) is 21.0 Å². The summed E-state index contributed by atoms with van der Waals surface area (Å²) < 4.78 is 0. The van der Waals surface area contributed by atoms with Crippen LogP contribution in [0.3, 0.4) is 0 Å². The van der Waals surface area contributed by atoms with Gasteiger partial charge in [0, 0.05) is 6.42 Å². The molecule has 1 heterocycles. The van der Waals surface area contributed by atoms with Gasteiger partial charge >= 0.3 is 5.97 Å². The fourth-order valence-corrected chi connectivity index (χ4v) is 2.28. The first-order valence-electron chi connectivity index (χ1n) is 6.90. The zero-order valence-corrected chi connectivity index (χ0v) is 11.5. The van der Waals surface area contributed by atoms with Crippen molar-refractivity contribution in [1.29, 1.82) is 0 Å².